The van der Waals surface area contributed by atoms with Gasteiger partial charge in [-0.1, -0.05) is 29.3 Å². The number of rotatable bonds is 6. The van der Waals surface area contributed by atoms with Gasteiger partial charge in [-0.05, 0) is 38.7 Å². The van der Waals surface area contributed by atoms with Crippen molar-refractivity contribution < 1.29 is 4.79 Å². The number of amides is 1. The molecule has 3 N–H and O–H groups in total. The van der Waals surface area contributed by atoms with Crippen molar-refractivity contribution in [3.8, 4) is 0 Å². The highest BCUT2D eigenvalue weighted by atomic mass is 35.5. The van der Waals surface area contributed by atoms with Crippen molar-refractivity contribution in [3.63, 3.8) is 0 Å². The van der Waals surface area contributed by atoms with Gasteiger partial charge in [0.25, 0.3) is 0 Å². The molecular weight excluding hydrogens is 273 g/mol. The van der Waals surface area contributed by atoms with Gasteiger partial charge in [-0.2, -0.15) is 0 Å². The smallest absolute Gasteiger partial charge is 0.238 e. The van der Waals surface area contributed by atoms with Crippen LogP contribution in [0.2, 0.25) is 10.0 Å². The largest absolute Gasteiger partial charge is 0.330 e. The molecule has 0 radical (unpaired) electrons. The molecular formula is C12H17Cl2N3O. The third-order valence-corrected chi connectivity index (χ3v) is 3.20. The molecule has 0 spiro atoms. The van der Waals surface area contributed by atoms with Crippen LogP contribution in [0.5, 0.6) is 0 Å². The van der Waals surface area contributed by atoms with Crippen LogP contribution in [-0.4, -0.2) is 37.5 Å². The van der Waals surface area contributed by atoms with Crippen LogP contribution in [0.1, 0.15) is 6.42 Å². The van der Waals surface area contributed by atoms with E-state index in [-0.39, 0.29) is 5.91 Å². The highest BCUT2D eigenvalue weighted by Gasteiger charge is 2.10. The summed E-state index contributed by atoms with van der Waals surface area (Å²) in [4.78, 5) is 13.7. The van der Waals surface area contributed by atoms with Gasteiger partial charge in [0, 0.05) is 0 Å². The minimum atomic E-state index is -0.126. The quantitative estimate of drug-likeness (QED) is 0.844. The molecule has 4 nitrogen and oxygen atoms in total. The van der Waals surface area contributed by atoms with Crippen molar-refractivity contribution in [2.45, 2.75) is 6.42 Å². The monoisotopic (exact) mass is 289 g/mol. The van der Waals surface area contributed by atoms with Crippen LogP contribution < -0.4 is 11.1 Å². The van der Waals surface area contributed by atoms with Crippen molar-refractivity contribution in [1.82, 2.24) is 4.90 Å². The molecule has 1 aromatic rings. The fraction of sp³-hybridized carbons (Fsp3) is 0.417. The molecule has 0 bridgehead atoms. The van der Waals surface area contributed by atoms with Crippen LogP contribution in [-0.2, 0) is 4.79 Å². The number of carbonyl (C=O) groups is 1. The van der Waals surface area contributed by atoms with E-state index in [9.17, 15) is 4.79 Å². The summed E-state index contributed by atoms with van der Waals surface area (Å²) < 4.78 is 0. The summed E-state index contributed by atoms with van der Waals surface area (Å²) >= 11 is 11.8. The van der Waals surface area contributed by atoms with Crippen LogP contribution in [0.3, 0.4) is 0 Å². The first-order valence-electron chi connectivity index (χ1n) is 5.67. The molecule has 1 aromatic carbocycles. The van der Waals surface area contributed by atoms with E-state index in [4.69, 9.17) is 28.9 Å². The van der Waals surface area contributed by atoms with E-state index in [2.05, 4.69) is 5.32 Å². The summed E-state index contributed by atoms with van der Waals surface area (Å²) in [7, 11) is 1.87. The highest BCUT2D eigenvalue weighted by molar-refractivity contribution is 6.43. The Morgan fingerprint density at radius 3 is 2.83 bits per heavy atom. The Labute approximate surface area is 117 Å². The Morgan fingerprint density at radius 2 is 2.17 bits per heavy atom. The third kappa shape index (κ3) is 4.82. The zero-order valence-electron chi connectivity index (χ0n) is 10.2. The van der Waals surface area contributed by atoms with E-state index >= 15 is 0 Å². The zero-order chi connectivity index (χ0) is 13.5. The summed E-state index contributed by atoms with van der Waals surface area (Å²) in [5.41, 5.74) is 5.94. The lowest BCUT2D eigenvalue weighted by Crippen LogP contribution is -2.31. The average Bonchev–Trinajstić information content (AvgIpc) is 2.32. The number of nitrogens with zero attached hydrogens (tertiary/aromatic N) is 1. The van der Waals surface area contributed by atoms with Crippen molar-refractivity contribution in [1.29, 1.82) is 0 Å². The molecule has 6 heteroatoms. The van der Waals surface area contributed by atoms with E-state index in [1.165, 1.54) is 0 Å². The van der Waals surface area contributed by atoms with Crippen LogP contribution >= 0.6 is 23.2 Å². The lowest BCUT2D eigenvalue weighted by atomic mass is 10.3. The molecule has 1 amide bonds. The molecule has 0 heterocycles. The van der Waals surface area contributed by atoms with Crippen molar-refractivity contribution in [2.75, 3.05) is 32.0 Å². The number of nitrogens with one attached hydrogen (secondary N) is 1. The maximum atomic E-state index is 11.8. The number of halogens is 2. The topological polar surface area (TPSA) is 58.4 Å². The number of carbonyl (C=O) groups excluding carboxylic acids is 1. The number of anilines is 1. The third-order valence-electron chi connectivity index (χ3n) is 2.38. The molecule has 0 fully saturated rings. The van der Waals surface area contributed by atoms with Gasteiger partial charge < -0.3 is 11.1 Å². The zero-order valence-corrected chi connectivity index (χ0v) is 11.8. The summed E-state index contributed by atoms with van der Waals surface area (Å²) in [5.74, 6) is -0.126. The first kappa shape index (κ1) is 15.2. The van der Waals surface area contributed by atoms with E-state index in [1.54, 1.807) is 18.2 Å². The first-order chi connectivity index (χ1) is 8.54. The first-order valence-corrected chi connectivity index (χ1v) is 6.42. The molecule has 0 saturated heterocycles. The lowest BCUT2D eigenvalue weighted by Gasteiger charge is -2.16. The summed E-state index contributed by atoms with van der Waals surface area (Å²) in [5, 5.41) is 3.51. The van der Waals surface area contributed by atoms with Crippen LogP contribution in [0.4, 0.5) is 5.69 Å². The predicted molar refractivity (Wildman–Crippen MR) is 76.3 cm³/mol. The molecule has 0 aliphatic heterocycles. The Hall–Kier alpha value is -0.810. The Morgan fingerprint density at radius 1 is 1.44 bits per heavy atom. The van der Waals surface area contributed by atoms with Crippen molar-refractivity contribution in [2.24, 2.45) is 5.73 Å². The number of hydrogen-bond acceptors (Lipinski definition) is 3. The standard InChI is InChI=1S/C12H17Cl2N3O/c1-17(7-3-6-15)8-11(18)16-10-5-2-4-9(13)12(10)14/h2,4-5H,3,6-8,15H2,1H3,(H,16,18). The molecule has 0 aliphatic carbocycles. The average molecular weight is 290 g/mol. The molecule has 1 rings (SSSR count). The van der Waals surface area contributed by atoms with E-state index in [0.717, 1.165) is 13.0 Å². The normalized spacial score (nSPS) is 10.7. The maximum Gasteiger partial charge on any atom is 0.238 e. The minimum absolute atomic E-state index is 0.126. The van der Waals surface area contributed by atoms with Gasteiger partial charge in [-0.25, -0.2) is 0 Å². The Balaban J connectivity index is 2.52. The number of hydrogen-bond donors (Lipinski definition) is 2. The number of benzene rings is 1. The summed E-state index contributed by atoms with van der Waals surface area (Å²) in [6.45, 7) is 1.70. The van der Waals surface area contributed by atoms with Gasteiger partial charge in [-0.3, -0.25) is 9.69 Å². The second-order valence-electron chi connectivity index (χ2n) is 4.03. The molecule has 0 unspecified atom stereocenters. The van der Waals surface area contributed by atoms with Gasteiger partial charge in [0.05, 0.1) is 22.3 Å². The van der Waals surface area contributed by atoms with Gasteiger partial charge in [0.2, 0.25) is 5.91 Å². The predicted octanol–water partition coefficient (Wildman–Crippen LogP) is 2.21. The minimum Gasteiger partial charge on any atom is -0.330 e. The fourth-order valence-corrected chi connectivity index (χ4v) is 1.82. The fourth-order valence-electron chi connectivity index (χ4n) is 1.48. The van der Waals surface area contributed by atoms with Gasteiger partial charge >= 0.3 is 0 Å². The molecule has 0 atom stereocenters. The molecule has 18 heavy (non-hydrogen) atoms. The Bertz CT molecular complexity index is 412. The van der Waals surface area contributed by atoms with Crippen LogP contribution in [0.25, 0.3) is 0 Å². The van der Waals surface area contributed by atoms with Crippen LogP contribution in [0, 0.1) is 0 Å². The molecule has 0 aliphatic rings. The summed E-state index contributed by atoms with van der Waals surface area (Å²) in [6, 6.07) is 5.13. The second-order valence-corrected chi connectivity index (χ2v) is 4.81. The SMILES string of the molecule is CN(CCCN)CC(=O)Nc1cccc(Cl)c1Cl. The van der Waals surface area contributed by atoms with Crippen molar-refractivity contribution in [3.05, 3.63) is 28.2 Å². The van der Waals surface area contributed by atoms with Crippen molar-refractivity contribution >= 4 is 34.8 Å². The number of nitrogens with two attached hydrogens (primary N) is 1. The van der Waals surface area contributed by atoms with E-state index in [1.807, 2.05) is 11.9 Å². The molecule has 0 saturated carbocycles. The lowest BCUT2D eigenvalue weighted by molar-refractivity contribution is -0.117. The molecule has 0 aromatic heterocycles. The van der Waals surface area contributed by atoms with Gasteiger partial charge in [0.15, 0.2) is 0 Å². The second kappa shape index (κ2) is 7.59. The summed E-state index contributed by atoms with van der Waals surface area (Å²) in [6.07, 6.45) is 0.863. The maximum absolute atomic E-state index is 11.8. The molecule has 100 valence electrons. The van der Waals surface area contributed by atoms with E-state index < -0.39 is 0 Å². The van der Waals surface area contributed by atoms with Gasteiger partial charge in [-0.15, -0.1) is 0 Å². The van der Waals surface area contributed by atoms with Crippen LogP contribution in [0.15, 0.2) is 18.2 Å². The number of likely N-dealkylation sites (N-methyl/N-ethyl adjacent to an activating group) is 1. The van der Waals surface area contributed by atoms with Gasteiger partial charge in [0.1, 0.15) is 0 Å². The van der Waals surface area contributed by atoms with E-state index in [0.29, 0.717) is 28.8 Å². The highest BCUT2D eigenvalue weighted by Crippen LogP contribution is 2.29. The Kier molecular flexibility index (Phi) is 6.43.